The van der Waals surface area contributed by atoms with Gasteiger partial charge in [0.05, 0.1) is 30.1 Å². The monoisotopic (exact) mass is 657 g/mol. The molecule has 1 aromatic heterocycles. The molecule has 49 heavy (non-hydrogen) atoms. The molecule has 3 aliphatic rings. The van der Waals surface area contributed by atoms with Crippen molar-refractivity contribution < 1.29 is 0 Å². The molecule has 256 valence electrons. The first kappa shape index (κ1) is 35.2. The first-order chi connectivity index (χ1) is 23.9. The first-order valence-corrected chi connectivity index (χ1v) is 17.7. The third-order valence-electron chi connectivity index (χ3n) is 9.74. The van der Waals surface area contributed by atoms with Gasteiger partial charge in [0.1, 0.15) is 12.2 Å². The third-order valence-corrected chi connectivity index (χ3v) is 9.74. The highest BCUT2D eigenvalue weighted by Crippen LogP contribution is 2.33. The number of hydrogen-bond donors (Lipinski definition) is 0. The molecule has 4 aromatic rings. The van der Waals surface area contributed by atoms with E-state index in [4.69, 9.17) is 0 Å². The standard InChI is InChI=1S/C26H32N6.C11H14.C3H5N3/c1-5-20(3)32-21(4)31(19-28-32)25-11-9-24(10-12-25)29-13-15-30(16-14-29)26-8-7-22(6-2)23(17-26)18-27;1-2-6-10(7-3-1)11-8-4-5-9-11;1-6-4-2-3-5-6/h7-12,17,19-20H,4-6,13-16H2,1-3H3;1-3,6-7,11H,4-5,8-9H2;2-3H,1H3. The molecule has 7 rings (SSSR count). The Morgan fingerprint density at radius 1 is 0.837 bits per heavy atom. The summed E-state index contributed by atoms with van der Waals surface area (Å²) in [7, 11) is 1.78. The third kappa shape index (κ3) is 9.08. The van der Waals surface area contributed by atoms with E-state index in [1.807, 2.05) is 22.3 Å². The summed E-state index contributed by atoms with van der Waals surface area (Å²) < 4.78 is 0. The zero-order valence-electron chi connectivity index (χ0n) is 29.6. The van der Waals surface area contributed by atoms with Crippen molar-refractivity contribution in [3.63, 3.8) is 0 Å². The van der Waals surface area contributed by atoms with Crippen molar-refractivity contribution in [2.45, 2.75) is 71.3 Å². The Balaban J connectivity index is 0.000000222. The van der Waals surface area contributed by atoms with Crippen LogP contribution < -0.4 is 14.7 Å². The van der Waals surface area contributed by atoms with Gasteiger partial charge >= 0.3 is 0 Å². The summed E-state index contributed by atoms with van der Waals surface area (Å²) in [6.07, 6.45) is 12.7. The van der Waals surface area contributed by atoms with Gasteiger partial charge < -0.3 is 9.80 Å². The minimum atomic E-state index is 0.335. The van der Waals surface area contributed by atoms with E-state index in [9.17, 15) is 5.26 Å². The van der Waals surface area contributed by atoms with Gasteiger partial charge in [0, 0.05) is 50.3 Å². The molecular weight excluding hydrogens is 607 g/mol. The van der Waals surface area contributed by atoms with Crippen LogP contribution in [0.1, 0.15) is 75.5 Å². The van der Waals surface area contributed by atoms with Gasteiger partial charge in [0.15, 0.2) is 0 Å². The van der Waals surface area contributed by atoms with E-state index < -0.39 is 0 Å². The van der Waals surface area contributed by atoms with Crippen molar-refractivity contribution in [1.82, 2.24) is 20.0 Å². The lowest BCUT2D eigenvalue weighted by molar-refractivity contribution is 0.286. The quantitative estimate of drug-likeness (QED) is 0.200. The predicted octanol–water partition coefficient (Wildman–Crippen LogP) is 7.94. The molecule has 9 nitrogen and oxygen atoms in total. The van der Waals surface area contributed by atoms with E-state index in [0.717, 1.165) is 73.3 Å². The maximum atomic E-state index is 9.44. The molecule has 2 fully saturated rings. The van der Waals surface area contributed by atoms with Crippen LogP contribution in [0.4, 0.5) is 17.1 Å². The van der Waals surface area contributed by atoms with Crippen LogP contribution in [-0.4, -0.2) is 58.6 Å². The molecule has 0 bridgehead atoms. The number of hydrazone groups is 1. The number of hydrogen-bond acceptors (Lipinski definition) is 8. The number of aryl methyl sites for hydroxylation is 2. The van der Waals surface area contributed by atoms with Crippen LogP contribution in [0, 0.1) is 11.3 Å². The molecule has 1 unspecified atom stereocenters. The van der Waals surface area contributed by atoms with Crippen molar-refractivity contribution in [3.8, 4) is 6.07 Å². The van der Waals surface area contributed by atoms with E-state index in [2.05, 4.69) is 125 Å². The normalized spacial score (nSPS) is 16.5. The van der Waals surface area contributed by atoms with Crippen LogP contribution >= 0.6 is 0 Å². The van der Waals surface area contributed by atoms with Gasteiger partial charge in [0.2, 0.25) is 0 Å². The number of nitriles is 1. The van der Waals surface area contributed by atoms with Gasteiger partial charge in [-0.05, 0) is 86.1 Å². The summed E-state index contributed by atoms with van der Waals surface area (Å²) in [5.74, 6) is 1.77. The van der Waals surface area contributed by atoms with Crippen molar-refractivity contribution in [2.24, 2.45) is 12.1 Å². The van der Waals surface area contributed by atoms with E-state index in [1.54, 1.807) is 25.0 Å². The second-order valence-corrected chi connectivity index (χ2v) is 12.8. The number of benzene rings is 3. The van der Waals surface area contributed by atoms with Gasteiger partial charge in [-0.2, -0.15) is 25.4 Å². The SMILES string of the molecule is C=C1N(c2ccc(N3CCN(c4ccc(CC)c(C#N)c4)CC3)cc2)C=NN1C(C)CC.Cn1nccn1.c1ccc(C2CCCC2)cc1. The number of nitrogens with zero attached hydrogens (tertiary/aromatic N) is 9. The zero-order valence-corrected chi connectivity index (χ0v) is 29.6. The summed E-state index contributed by atoms with van der Waals surface area (Å²) in [4.78, 5) is 8.34. The van der Waals surface area contributed by atoms with Crippen molar-refractivity contribution in [1.29, 1.82) is 5.26 Å². The molecule has 9 heteroatoms. The highest BCUT2D eigenvalue weighted by atomic mass is 15.6. The average Bonchev–Trinajstić information content (AvgIpc) is 3.96. The lowest BCUT2D eigenvalue weighted by atomic mass is 9.98. The molecule has 0 N–H and O–H groups in total. The predicted molar refractivity (Wildman–Crippen MR) is 202 cm³/mol. The minimum Gasteiger partial charge on any atom is -0.368 e. The Bertz CT molecular complexity index is 1660. The fourth-order valence-corrected chi connectivity index (χ4v) is 6.59. The molecule has 1 saturated carbocycles. The number of anilines is 3. The number of piperazine rings is 1. The van der Waals surface area contributed by atoms with E-state index in [-0.39, 0.29) is 0 Å². The minimum absolute atomic E-state index is 0.335. The van der Waals surface area contributed by atoms with E-state index >= 15 is 0 Å². The largest absolute Gasteiger partial charge is 0.368 e. The van der Waals surface area contributed by atoms with Crippen molar-refractivity contribution in [3.05, 3.63) is 114 Å². The molecule has 1 saturated heterocycles. The van der Waals surface area contributed by atoms with Gasteiger partial charge in [0.25, 0.3) is 0 Å². The Labute approximate surface area is 292 Å². The van der Waals surface area contributed by atoms with Crippen LogP contribution in [-0.2, 0) is 13.5 Å². The van der Waals surface area contributed by atoms with Crippen LogP contribution in [0.15, 0.2) is 103 Å². The molecule has 3 aromatic carbocycles. The Morgan fingerprint density at radius 2 is 1.43 bits per heavy atom. The van der Waals surface area contributed by atoms with Gasteiger partial charge in [-0.1, -0.05) is 69.7 Å². The first-order valence-electron chi connectivity index (χ1n) is 17.7. The van der Waals surface area contributed by atoms with Crippen molar-refractivity contribution >= 4 is 23.4 Å². The summed E-state index contributed by atoms with van der Waals surface area (Å²) in [6.45, 7) is 14.4. The zero-order chi connectivity index (χ0) is 34.6. The van der Waals surface area contributed by atoms with Gasteiger partial charge in [-0.3, -0.25) is 4.90 Å². The van der Waals surface area contributed by atoms with Gasteiger partial charge in [-0.25, -0.2) is 5.01 Å². The summed E-state index contributed by atoms with van der Waals surface area (Å²) >= 11 is 0. The summed E-state index contributed by atoms with van der Waals surface area (Å²) in [5, 5.41) is 23.4. The van der Waals surface area contributed by atoms with E-state index in [0.29, 0.717) is 6.04 Å². The second kappa shape index (κ2) is 17.3. The highest BCUT2D eigenvalue weighted by molar-refractivity contribution is 5.85. The summed E-state index contributed by atoms with van der Waals surface area (Å²) in [5.41, 5.74) is 6.91. The fourth-order valence-electron chi connectivity index (χ4n) is 6.59. The molecule has 2 aliphatic heterocycles. The number of aromatic nitrogens is 3. The smallest absolute Gasteiger partial charge is 0.128 e. The van der Waals surface area contributed by atoms with Crippen LogP contribution in [0.3, 0.4) is 0 Å². The molecule has 0 radical (unpaired) electrons. The van der Waals surface area contributed by atoms with Crippen LogP contribution in [0.25, 0.3) is 0 Å². The number of rotatable bonds is 7. The van der Waals surface area contributed by atoms with Crippen molar-refractivity contribution in [2.75, 3.05) is 40.9 Å². The Hall–Kier alpha value is -5.10. The molecule has 3 heterocycles. The average molecular weight is 658 g/mol. The fraction of sp³-hybridized carbons (Fsp3) is 0.400. The van der Waals surface area contributed by atoms with Crippen LogP contribution in [0.2, 0.25) is 0 Å². The Kier molecular flexibility index (Phi) is 12.5. The lowest BCUT2D eigenvalue weighted by Crippen LogP contribution is -2.46. The van der Waals surface area contributed by atoms with Gasteiger partial charge in [-0.15, -0.1) is 0 Å². The molecule has 0 amide bonds. The van der Waals surface area contributed by atoms with E-state index in [1.165, 1.54) is 36.2 Å². The molecule has 1 aliphatic carbocycles. The topological polar surface area (TPSA) is 79.8 Å². The second-order valence-electron chi connectivity index (χ2n) is 12.8. The molecular formula is C40H51N9. The Morgan fingerprint density at radius 3 is 1.98 bits per heavy atom. The summed E-state index contributed by atoms with van der Waals surface area (Å²) in [6, 6.07) is 28.5. The maximum absolute atomic E-state index is 9.44. The highest BCUT2D eigenvalue weighted by Gasteiger charge is 2.25. The molecule has 0 spiro atoms. The lowest BCUT2D eigenvalue weighted by Gasteiger charge is -2.37. The maximum Gasteiger partial charge on any atom is 0.128 e. The van der Waals surface area contributed by atoms with Crippen LogP contribution in [0.5, 0.6) is 0 Å². The molecule has 1 atom stereocenters.